The number of methoxy groups -OCH3 is 2. The molecule has 2 aromatic heterocycles. The summed E-state index contributed by atoms with van der Waals surface area (Å²) >= 11 is 0. The van der Waals surface area contributed by atoms with Gasteiger partial charge in [-0.3, -0.25) is 44.0 Å². The summed E-state index contributed by atoms with van der Waals surface area (Å²) in [5.74, 6) is -0.403. The van der Waals surface area contributed by atoms with Crippen molar-refractivity contribution in [1.29, 1.82) is 0 Å². The molecule has 1 atom stereocenters. The summed E-state index contributed by atoms with van der Waals surface area (Å²) in [4.78, 5) is 85.8. The molecule has 5 heterocycles. The molecule has 60 heavy (non-hydrogen) atoms. The molecule has 15 nitrogen and oxygen atoms in total. The number of nitrogens with zero attached hydrogens (tertiary/aromatic N) is 5. The van der Waals surface area contributed by atoms with E-state index in [1.165, 1.54) is 4.57 Å². The Hall–Kier alpha value is -6.09. The number of hydrogen-bond donors (Lipinski definition) is 1. The van der Waals surface area contributed by atoms with Crippen molar-refractivity contribution < 1.29 is 38.2 Å². The summed E-state index contributed by atoms with van der Waals surface area (Å²) in [6.45, 7) is 3.21. The lowest BCUT2D eigenvalue weighted by Crippen LogP contribution is -2.54. The van der Waals surface area contributed by atoms with E-state index in [4.69, 9.17) is 14.2 Å². The molecule has 3 fully saturated rings. The van der Waals surface area contributed by atoms with Crippen molar-refractivity contribution in [2.75, 3.05) is 40.9 Å². The van der Waals surface area contributed by atoms with Gasteiger partial charge < -0.3 is 28.6 Å². The highest BCUT2D eigenvalue weighted by Crippen LogP contribution is 2.49. The van der Waals surface area contributed by atoms with Crippen molar-refractivity contribution in [3.8, 4) is 28.4 Å². The van der Waals surface area contributed by atoms with Crippen LogP contribution in [0.3, 0.4) is 0 Å². The van der Waals surface area contributed by atoms with Crippen molar-refractivity contribution >= 4 is 40.3 Å². The molecule has 4 aliphatic rings. The number of carbonyl (C=O) groups excluding carboxylic acids is 5. The fourth-order valence-electron chi connectivity index (χ4n) is 9.50. The van der Waals surface area contributed by atoms with Crippen LogP contribution in [0.25, 0.3) is 21.9 Å². The highest BCUT2D eigenvalue weighted by molar-refractivity contribution is 6.23. The predicted octanol–water partition coefficient (Wildman–Crippen LogP) is 4.47. The van der Waals surface area contributed by atoms with Crippen LogP contribution < -0.4 is 25.1 Å². The Kier molecular flexibility index (Phi) is 11.2. The number of likely N-dealkylation sites (tertiary alicyclic amines) is 1. The van der Waals surface area contributed by atoms with E-state index in [2.05, 4.69) is 15.2 Å². The van der Waals surface area contributed by atoms with Gasteiger partial charge in [-0.2, -0.15) is 0 Å². The lowest BCUT2D eigenvalue weighted by atomic mass is 9.62. The fourth-order valence-corrected chi connectivity index (χ4v) is 9.50. The number of imide groups is 2. The summed E-state index contributed by atoms with van der Waals surface area (Å²) in [5, 5.41) is 3.52. The second kappa shape index (κ2) is 16.5. The molecule has 1 N–H and O–H groups in total. The Labute approximate surface area is 347 Å². The maximum Gasteiger partial charge on any atom is 0.262 e. The summed E-state index contributed by atoms with van der Waals surface area (Å²) in [6, 6.07) is 9.53. The number of rotatable bonds is 13. The standard InChI is InChI=1S/C45H50N6O9/c1-48(25-35-37(58-3)18-27(19-38(35)59-4)34-24-49(2)42(55)33-23-46-15-13-30(33)34)40(53)8-5-6-16-50-17-7-14-45(26-50)21-29(22-45)60-28-9-10-31-32(20-28)44(57)51(43(31)56)36-11-12-39(52)47-41(36)54/h9-10,13,15,18-20,23-24,29,36H,5-8,11-12,14,16-17,21-22,25-26H2,1-4H3,(H,47,52,54)/t29?,36-,45?/m1/s1. The van der Waals surface area contributed by atoms with Gasteiger partial charge in [-0.1, -0.05) is 0 Å². The normalized spacial score (nSPS) is 21.5. The lowest BCUT2D eigenvalue weighted by molar-refractivity contribution is -0.136. The van der Waals surface area contributed by atoms with Gasteiger partial charge in [-0.25, -0.2) is 0 Å². The molecule has 0 bridgehead atoms. The van der Waals surface area contributed by atoms with Crippen LogP contribution in [0.5, 0.6) is 17.2 Å². The molecule has 2 aromatic carbocycles. The zero-order chi connectivity index (χ0) is 42.3. The molecule has 1 saturated carbocycles. The first kappa shape index (κ1) is 40.7. The average Bonchev–Trinajstić information content (AvgIpc) is 3.47. The Morgan fingerprint density at radius 1 is 0.950 bits per heavy atom. The van der Waals surface area contributed by atoms with Gasteiger partial charge >= 0.3 is 0 Å². The van der Waals surface area contributed by atoms with Crippen molar-refractivity contribution in [2.45, 2.75) is 76.5 Å². The summed E-state index contributed by atoms with van der Waals surface area (Å²) in [6.07, 6.45) is 11.3. The molecule has 2 saturated heterocycles. The van der Waals surface area contributed by atoms with Crippen LogP contribution >= 0.6 is 0 Å². The number of piperidine rings is 2. The van der Waals surface area contributed by atoms with E-state index in [1.807, 2.05) is 18.2 Å². The number of ether oxygens (including phenoxy) is 3. The Bertz CT molecular complexity index is 2430. The van der Waals surface area contributed by atoms with Crippen molar-refractivity contribution in [1.82, 2.24) is 29.6 Å². The third-order valence-corrected chi connectivity index (χ3v) is 12.6. The minimum atomic E-state index is -1.01. The summed E-state index contributed by atoms with van der Waals surface area (Å²) in [7, 11) is 6.69. The first-order valence-electron chi connectivity index (χ1n) is 20.6. The van der Waals surface area contributed by atoms with E-state index in [1.54, 1.807) is 70.0 Å². The van der Waals surface area contributed by atoms with Crippen LogP contribution in [-0.4, -0.2) is 107 Å². The summed E-state index contributed by atoms with van der Waals surface area (Å²) < 4.78 is 19.5. The molecule has 3 aliphatic heterocycles. The highest BCUT2D eigenvalue weighted by atomic mass is 16.5. The van der Waals surface area contributed by atoms with E-state index >= 15 is 0 Å². The van der Waals surface area contributed by atoms with Gasteiger partial charge in [0.1, 0.15) is 23.3 Å². The van der Waals surface area contributed by atoms with E-state index in [-0.39, 0.29) is 47.0 Å². The van der Waals surface area contributed by atoms with E-state index < -0.39 is 29.7 Å². The fraction of sp³-hybridized carbons (Fsp3) is 0.444. The molecule has 0 unspecified atom stereocenters. The minimum Gasteiger partial charge on any atom is -0.496 e. The van der Waals surface area contributed by atoms with Crippen LogP contribution in [-0.2, 0) is 28.0 Å². The minimum absolute atomic E-state index is 0.00551. The molecule has 4 aromatic rings. The average molecular weight is 819 g/mol. The zero-order valence-corrected chi connectivity index (χ0v) is 34.5. The molecular weight excluding hydrogens is 769 g/mol. The molecular formula is C45H50N6O9. The van der Waals surface area contributed by atoms with Gasteiger partial charge in [0.05, 0.1) is 48.9 Å². The highest BCUT2D eigenvalue weighted by Gasteiger charge is 2.48. The van der Waals surface area contributed by atoms with Gasteiger partial charge in [0, 0.05) is 57.6 Å². The number of amides is 5. The SMILES string of the molecule is COc1cc(-c2cn(C)c(=O)c3cnccc23)cc(OC)c1CN(C)C(=O)CCCCN1CCCC2(CC(Oc3ccc4c(c3)C(=O)N([C@@H]3CCC(=O)NC3=O)C4=O)C2)C1. The second-order valence-electron chi connectivity index (χ2n) is 16.6. The van der Waals surface area contributed by atoms with Gasteiger partial charge in [0.25, 0.3) is 17.4 Å². The Morgan fingerprint density at radius 3 is 2.43 bits per heavy atom. The van der Waals surface area contributed by atoms with Crippen molar-refractivity contribution in [2.24, 2.45) is 12.5 Å². The molecule has 314 valence electrons. The van der Waals surface area contributed by atoms with Gasteiger partial charge in [-0.05, 0) is 111 Å². The molecule has 5 amide bonds. The van der Waals surface area contributed by atoms with Crippen LogP contribution in [0.15, 0.2) is 59.8 Å². The van der Waals surface area contributed by atoms with E-state index in [0.717, 1.165) is 85.1 Å². The van der Waals surface area contributed by atoms with Crippen LogP contribution in [0.2, 0.25) is 0 Å². The molecule has 15 heteroatoms. The number of hydrogen-bond acceptors (Lipinski definition) is 11. The number of aryl methyl sites for hydroxylation is 1. The molecule has 8 rings (SSSR count). The maximum absolute atomic E-state index is 13.4. The largest absolute Gasteiger partial charge is 0.496 e. The van der Waals surface area contributed by atoms with Crippen LogP contribution in [0, 0.1) is 5.41 Å². The number of fused-ring (bicyclic) bond motifs is 2. The maximum atomic E-state index is 13.4. The number of nitrogens with one attached hydrogen (secondary N) is 1. The van der Waals surface area contributed by atoms with Crippen LogP contribution in [0.4, 0.5) is 0 Å². The number of carbonyl (C=O) groups is 5. The third kappa shape index (κ3) is 7.73. The van der Waals surface area contributed by atoms with E-state index in [9.17, 15) is 28.8 Å². The zero-order valence-electron chi connectivity index (χ0n) is 34.5. The van der Waals surface area contributed by atoms with Crippen molar-refractivity contribution in [3.63, 3.8) is 0 Å². The quantitative estimate of drug-likeness (QED) is 0.149. The molecule has 1 aliphatic carbocycles. The van der Waals surface area contributed by atoms with Crippen LogP contribution in [0.1, 0.15) is 84.1 Å². The molecule has 1 spiro atoms. The first-order valence-corrected chi connectivity index (χ1v) is 20.6. The Balaban J connectivity index is 0.812. The Morgan fingerprint density at radius 2 is 1.70 bits per heavy atom. The number of aromatic nitrogens is 2. The van der Waals surface area contributed by atoms with Gasteiger partial charge in [-0.15, -0.1) is 0 Å². The number of unbranched alkanes of at least 4 members (excludes halogenated alkanes) is 1. The van der Waals surface area contributed by atoms with E-state index in [0.29, 0.717) is 35.6 Å². The second-order valence-corrected chi connectivity index (χ2v) is 16.6. The number of benzene rings is 2. The lowest BCUT2D eigenvalue weighted by Gasteiger charge is -2.52. The smallest absolute Gasteiger partial charge is 0.262 e. The first-order chi connectivity index (χ1) is 28.9. The summed E-state index contributed by atoms with van der Waals surface area (Å²) in [5.41, 5.74) is 2.89. The molecule has 0 radical (unpaired) electrons. The monoisotopic (exact) mass is 818 g/mol. The van der Waals surface area contributed by atoms with Gasteiger partial charge in [0.15, 0.2) is 0 Å². The number of pyridine rings is 2. The topological polar surface area (TPSA) is 170 Å². The third-order valence-electron chi connectivity index (χ3n) is 12.6. The predicted molar refractivity (Wildman–Crippen MR) is 221 cm³/mol. The van der Waals surface area contributed by atoms with Crippen molar-refractivity contribution in [3.05, 3.63) is 82.0 Å². The van der Waals surface area contributed by atoms with Gasteiger partial charge in [0.2, 0.25) is 17.7 Å².